The van der Waals surface area contributed by atoms with Gasteiger partial charge in [-0.25, -0.2) is 4.39 Å². The van der Waals surface area contributed by atoms with Gasteiger partial charge in [0.15, 0.2) is 0 Å². The van der Waals surface area contributed by atoms with Crippen molar-refractivity contribution in [2.45, 2.75) is 13.0 Å². The van der Waals surface area contributed by atoms with Crippen molar-refractivity contribution in [3.63, 3.8) is 0 Å². The maximum atomic E-state index is 13.4. The van der Waals surface area contributed by atoms with Gasteiger partial charge in [0.2, 0.25) is 5.82 Å². The van der Waals surface area contributed by atoms with Crippen molar-refractivity contribution < 1.29 is 13.7 Å². The Morgan fingerprint density at radius 3 is 2.52 bits per heavy atom. The Morgan fingerprint density at radius 1 is 1.10 bits per heavy atom. The first-order valence-electron chi connectivity index (χ1n) is 6.45. The number of halogens is 2. The van der Waals surface area contributed by atoms with Crippen LogP contribution in [0.15, 0.2) is 42.5 Å². The summed E-state index contributed by atoms with van der Waals surface area (Å²) < 4.78 is 26.8. The predicted molar refractivity (Wildman–Crippen MR) is 74.9 cm³/mol. The minimum atomic E-state index is -0.853. The van der Waals surface area contributed by atoms with Crippen molar-refractivity contribution in [3.05, 3.63) is 75.3 Å². The van der Waals surface area contributed by atoms with Crippen LogP contribution in [-0.2, 0) is 13.0 Å². The molecule has 4 nitrogen and oxygen atoms in total. The Labute approximate surface area is 120 Å². The molecule has 0 atom stereocenters. The first-order chi connectivity index (χ1) is 10.1. The second-order valence-electron chi connectivity index (χ2n) is 4.56. The molecular weight excluding hydrogens is 278 g/mol. The smallest absolute Gasteiger partial charge is 0.304 e. The Hall–Kier alpha value is -2.34. The highest BCUT2D eigenvalue weighted by molar-refractivity contribution is 5.34. The fourth-order valence-corrected chi connectivity index (χ4v) is 1.97. The molecule has 0 aromatic heterocycles. The SMILES string of the molecule is O=[N+]([O-])c1ccc(CNCCc2ccccc2F)cc1F. The predicted octanol–water partition coefficient (Wildman–Crippen LogP) is 3.21. The summed E-state index contributed by atoms with van der Waals surface area (Å²) in [5, 5.41) is 13.5. The topological polar surface area (TPSA) is 55.2 Å². The normalized spacial score (nSPS) is 10.6. The highest BCUT2D eigenvalue weighted by Crippen LogP contribution is 2.17. The van der Waals surface area contributed by atoms with Crippen LogP contribution in [-0.4, -0.2) is 11.5 Å². The Balaban J connectivity index is 1.85. The second-order valence-corrected chi connectivity index (χ2v) is 4.56. The van der Waals surface area contributed by atoms with Gasteiger partial charge in [0.1, 0.15) is 5.82 Å². The summed E-state index contributed by atoms with van der Waals surface area (Å²) in [5.41, 5.74) is 0.677. The number of nitrogens with zero attached hydrogens (tertiary/aromatic N) is 1. The number of rotatable bonds is 6. The molecule has 2 rings (SSSR count). The van der Waals surface area contributed by atoms with Gasteiger partial charge in [-0.1, -0.05) is 24.3 Å². The molecular formula is C15H14F2N2O2. The zero-order valence-electron chi connectivity index (χ0n) is 11.2. The van der Waals surface area contributed by atoms with Gasteiger partial charge in [0.25, 0.3) is 0 Å². The van der Waals surface area contributed by atoms with Crippen molar-refractivity contribution in [1.29, 1.82) is 0 Å². The van der Waals surface area contributed by atoms with Crippen molar-refractivity contribution in [2.75, 3.05) is 6.54 Å². The lowest BCUT2D eigenvalue weighted by molar-refractivity contribution is -0.387. The van der Waals surface area contributed by atoms with E-state index >= 15 is 0 Å². The van der Waals surface area contributed by atoms with Crippen molar-refractivity contribution in [1.82, 2.24) is 5.32 Å². The molecule has 110 valence electrons. The molecule has 0 heterocycles. The summed E-state index contributed by atoms with van der Waals surface area (Å²) in [7, 11) is 0. The molecule has 0 unspecified atom stereocenters. The number of benzene rings is 2. The molecule has 0 saturated heterocycles. The van der Waals surface area contributed by atoms with E-state index in [4.69, 9.17) is 0 Å². The summed E-state index contributed by atoms with van der Waals surface area (Å²) in [4.78, 5) is 9.74. The minimum absolute atomic E-state index is 0.249. The summed E-state index contributed by atoms with van der Waals surface area (Å²) in [6.07, 6.45) is 0.516. The summed E-state index contributed by atoms with van der Waals surface area (Å²) in [6, 6.07) is 10.3. The van der Waals surface area contributed by atoms with Crippen LogP contribution in [0.1, 0.15) is 11.1 Å². The van der Waals surface area contributed by atoms with E-state index in [9.17, 15) is 18.9 Å². The monoisotopic (exact) mass is 292 g/mol. The van der Waals surface area contributed by atoms with Gasteiger partial charge in [-0.2, -0.15) is 4.39 Å². The molecule has 0 amide bonds. The van der Waals surface area contributed by atoms with E-state index in [1.165, 1.54) is 12.1 Å². The molecule has 2 aromatic rings. The lowest BCUT2D eigenvalue weighted by Crippen LogP contribution is -2.17. The average molecular weight is 292 g/mol. The van der Waals surface area contributed by atoms with Gasteiger partial charge in [0.05, 0.1) is 4.92 Å². The highest BCUT2D eigenvalue weighted by Gasteiger charge is 2.13. The van der Waals surface area contributed by atoms with Crippen LogP contribution in [0.5, 0.6) is 0 Å². The van der Waals surface area contributed by atoms with Gasteiger partial charge in [-0.15, -0.1) is 0 Å². The zero-order chi connectivity index (χ0) is 15.2. The number of nitro benzene ring substituents is 1. The fraction of sp³-hybridized carbons (Fsp3) is 0.200. The van der Waals surface area contributed by atoms with E-state index in [0.717, 1.165) is 12.1 Å². The molecule has 0 bridgehead atoms. The lowest BCUT2D eigenvalue weighted by Gasteiger charge is -2.06. The van der Waals surface area contributed by atoms with Crippen molar-refractivity contribution >= 4 is 5.69 Å². The third-order valence-electron chi connectivity index (χ3n) is 3.07. The molecule has 0 aliphatic heterocycles. The molecule has 0 spiro atoms. The van der Waals surface area contributed by atoms with Crippen LogP contribution >= 0.6 is 0 Å². The van der Waals surface area contributed by atoms with Gasteiger partial charge < -0.3 is 5.32 Å². The maximum absolute atomic E-state index is 13.4. The molecule has 0 aliphatic rings. The van der Waals surface area contributed by atoms with Gasteiger partial charge in [0, 0.05) is 12.6 Å². The molecule has 21 heavy (non-hydrogen) atoms. The van der Waals surface area contributed by atoms with Crippen LogP contribution in [0.2, 0.25) is 0 Å². The first kappa shape index (κ1) is 15.1. The maximum Gasteiger partial charge on any atom is 0.304 e. The van der Waals surface area contributed by atoms with Gasteiger partial charge >= 0.3 is 5.69 Å². The lowest BCUT2D eigenvalue weighted by atomic mass is 10.1. The number of hydrogen-bond donors (Lipinski definition) is 1. The molecule has 0 radical (unpaired) electrons. The van der Waals surface area contributed by atoms with Crippen LogP contribution in [0.25, 0.3) is 0 Å². The number of hydrogen-bond acceptors (Lipinski definition) is 3. The molecule has 6 heteroatoms. The van der Waals surface area contributed by atoms with E-state index in [1.54, 1.807) is 18.2 Å². The Bertz CT molecular complexity index is 647. The molecule has 0 fully saturated rings. The Kier molecular flexibility index (Phi) is 4.94. The highest BCUT2D eigenvalue weighted by atomic mass is 19.1. The first-order valence-corrected chi connectivity index (χ1v) is 6.45. The van der Waals surface area contributed by atoms with Gasteiger partial charge in [-0.3, -0.25) is 10.1 Å². The third-order valence-corrected chi connectivity index (χ3v) is 3.07. The van der Waals surface area contributed by atoms with E-state index in [2.05, 4.69) is 5.32 Å². The summed E-state index contributed by atoms with van der Waals surface area (Å²) >= 11 is 0. The van der Waals surface area contributed by atoms with Gasteiger partial charge in [-0.05, 0) is 36.2 Å². The minimum Gasteiger partial charge on any atom is -0.312 e. The summed E-state index contributed by atoms with van der Waals surface area (Å²) in [5.74, 6) is -1.10. The number of nitro groups is 1. The summed E-state index contributed by atoms with van der Waals surface area (Å²) in [6.45, 7) is 0.892. The average Bonchev–Trinajstić information content (AvgIpc) is 2.45. The van der Waals surface area contributed by atoms with E-state index in [1.807, 2.05) is 0 Å². The fourth-order valence-electron chi connectivity index (χ4n) is 1.97. The van der Waals surface area contributed by atoms with Crippen LogP contribution < -0.4 is 5.32 Å². The standard InChI is InChI=1S/C15H14F2N2O2/c16-13-4-2-1-3-12(13)7-8-18-10-11-5-6-15(19(20)21)14(17)9-11/h1-6,9,18H,7-8,10H2. The third kappa shape index (κ3) is 4.06. The van der Waals surface area contributed by atoms with E-state index < -0.39 is 16.4 Å². The zero-order valence-corrected chi connectivity index (χ0v) is 11.2. The molecule has 1 N–H and O–H groups in total. The molecule has 2 aromatic carbocycles. The van der Waals surface area contributed by atoms with Crippen LogP contribution in [0.4, 0.5) is 14.5 Å². The molecule has 0 aliphatic carbocycles. The quantitative estimate of drug-likeness (QED) is 0.505. The van der Waals surface area contributed by atoms with Crippen LogP contribution in [0.3, 0.4) is 0 Å². The van der Waals surface area contributed by atoms with E-state index in [-0.39, 0.29) is 5.82 Å². The van der Waals surface area contributed by atoms with Crippen molar-refractivity contribution in [2.24, 2.45) is 0 Å². The number of nitrogens with one attached hydrogen (secondary N) is 1. The second kappa shape index (κ2) is 6.90. The molecule has 0 saturated carbocycles. The Morgan fingerprint density at radius 2 is 1.86 bits per heavy atom. The largest absolute Gasteiger partial charge is 0.312 e. The van der Waals surface area contributed by atoms with Crippen LogP contribution in [0, 0.1) is 21.7 Å². The van der Waals surface area contributed by atoms with E-state index in [0.29, 0.717) is 30.6 Å². The van der Waals surface area contributed by atoms with Crippen molar-refractivity contribution in [3.8, 4) is 0 Å².